The second-order valence-corrected chi connectivity index (χ2v) is 6.77. The molecule has 1 unspecified atom stereocenters. The van der Waals surface area contributed by atoms with Crippen LogP contribution in [0.15, 0.2) is 0 Å². The van der Waals surface area contributed by atoms with Crippen LogP contribution in [0.1, 0.15) is 26.2 Å². The summed E-state index contributed by atoms with van der Waals surface area (Å²) in [6, 6.07) is 0. The number of carbonyl (C=O) groups excluding carboxylic acids is 1. The minimum absolute atomic E-state index is 0. The van der Waals surface area contributed by atoms with Crippen LogP contribution < -0.4 is 11.1 Å². The minimum atomic E-state index is -3.31. The van der Waals surface area contributed by atoms with E-state index in [2.05, 4.69) is 5.32 Å². The Hall–Kier alpha value is -0.330. The Morgan fingerprint density at radius 2 is 2.00 bits per heavy atom. The highest BCUT2D eigenvalue weighted by atomic mass is 35.5. The smallest absolute Gasteiger partial charge is 0.238 e. The van der Waals surface area contributed by atoms with Crippen LogP contribution in [0.25, 0.3) is 0 Å². The van der Waals surface area contributed by atoms with Crippen LogP contribution in [0.3, 0.4) is 0 Å². The first-order valence-electron chi connectivity index (χ1n) is 5.00. The molecule has 1 rings (SSSR count). The lowest BCUT2D eigenvalue weighted by molar-refractivity contribution is -0.120. The van der Waals surface area contributed by atoms with Crippen molar-refractivity contribution in [3.8, 4) is 0 Å². The predicted octanol–water partition coefficient (Wildman–Crippen LogP) is -0.161. The zero-order chi connectivity index (χ0) is 11.7. The number of nitrogens with one attached hydrogen (secondary N) is 1. The Morgan fingerprint density at radius 3 is 2.31 bits per heavy atom. The predicted molar refractivity (Wildman–Crippen MR) is 65.3 cm³/mol. The SMILES string of the molecule is CC(C(=O)NCC1(N)CCC1)S(C)(=O)=O.Cl. The van der Waals surface area contributed by atoms with Crippen molar-refractivity contribution in [2.24, 2.45) is 5.73 Å². The molecule has 0 radical (unpaired) electrons. The van der Waals surface area contributed by atoms with Crippen LogP contribution in [-0.4, -0.2) is 37.9 Å². The molecule has 96 valence electrons. The third-order valence-corrected chi connectivity index (χ3v) is 4.47. The van der Waals surface area contributed by atoms with Gasteiger partial charge in [0.15, 0.2) is 9.84 Å². The van der Waals surface area contributed by atoms with Crippen molar-refractivity contribution in [3.05, 3.63) is 0 Å². The van der Waals surface area contributed by atoms with Crippen LogP contribution >= 0.6 is 12.4 Å². The topological polar surface area (TPSA) is 89.3 Å². The molecule has 0 aromatic carbocycles. The lowest BCUT2D eigenvalue weighted by atomic mass is 9.78. The molecule has 0 aliphatic heterocycles. The molecular formula is C9H19ClN2O3S. The van der Waals surface area contributed by atoms with Gasteiger partial charge >= 0.3 is 0 Å². The maximum Gasteiger partial charge on any atom is 0.238 e. The molecule has 1 fully saturated rings. The highest BCUT2D eigenvalue weighted by molar-refractivity contribution is 7.92. The molecule has 0 aromatic rings. The van der Waals surface area contributed by atoms with Gasteiger partial charge in [0.25, 0.3) is 0 Å². The summed E-state index contributed by atoms with van der Waals surface area (Å²) in [6.07, 6.45) is 3.91. The molecule has 1 atom stereocenters. The molecule has 0 bridgehead atoms. The van der Waals surface area contributed by atoms with Crippen LogP contribution in [0.2, 0.25) is 0 Å². The number of nitrogens with two attached hydrogens (primary N) is 1. The standard InChI is InChI=1S/C9H18N2O3S.ClH/c1-7(15(2,13)14)8(12)11-6-9(10)4-3-5-9;/h7H,3-6,10H2,1-2H3,(H,11,12);1H. The van der Waals surface area contributed by atoms with Crippen molar-refractivity contribution >= 4 is 28.2 Å². The Balaban J connectivity index is 0.00000225. The Labute approximate surface area is 102 Å². The van der Waals surface area contributed by atoms with E-state index in [4.69, 9.17) is 5.73 Å². The van der Waals surface area contributed by atoms with E-state index in [-0.39, 0.29) is 17.9 Å². The van der Waals surface area contributed by atoms with Crippen LogP contribution in [0.4, 0.5) is 0 Å². The van der Waals surface area contributed by atoms with Crippen LogP contribution in [0.5, 0.6) is 0 Å². The zero-order valence-corrected chi connectivity index (χ0v) is 11.2. The van der Waals surface area contributed by atoms with Gasteiger partial charge < -0.3 is 11.1 Å². The van der Waals surface area contributed by atoms with Crippen molar-refractivity contribution in [2.75, 3.05) is 12.8 Å². The van der Waals surface area contributed by atoms with Crippen LogP contribution in [0, 0.1) is 0 Å². The quantitative estimate of drug-likeness (QED) is 0.743. The summed E-state index contributed by atoms with van der Waals surface area (Å²) >= 11 is 0. The summed E-state index contributed by atoms with van der Waals surface area (Å²) in [5.74, 6) is -0.464. The first-order chi connectivity index (χ1) is 6.75. The Morgan fingerprint density at radius 1 is 1.50 bits per heavy atom. The molecule has 16 heavy (non-hydrogen) atoms. The lowest BCUT2D eigenvalue weighted by Crippen LogP contribution is -2.56. The average Bonchev–Trinajstić information content (AvgIpc) is 2.08. The van der Waals surface area contributed by atoms with E-state index < -0.39 is 21.0 Å². The second kappa shape index (κ2) is 5.33. The van der Waals surface area contributed by atoms with Gasteiger partial charge in [-0.3, -0.25) is 4.79 Å². The largest absolute Gasteiger partial charge is 0.353 e. The molecule has 3 N–H and O–H groups in total. The summed E-state index contributed by atoms with van der Waals surface area (Å²) in [5, 5.41) is 1.59. The van der Waals surface area contributed by atoms with Crippen LogP contribution in [-0.2, 0) is 14.6 Å². The Bertz CT molecular complexity index is 352. The van der Waals surface area contributed by atoms with E-state index in [1.165, 1.54) is 6.92 Å². The zero-order valence-electron chi connectivity index (χ0n) is 9.52. The number of rotatable bonds is 4. The number of carbonyl (C=O) groups is 1. The summed E-state index contributed by atoms with van der Waals surface area (Å²) in [7, 11) is -3.31. The van der Waals surface area contributed by atoms with Crippen molar-refractivity contribution in [2.45, 2.75) is 37.0 Å². The number of hydrogen-bond donors (Lipinski definition) is 2. The normalized spacial score (nSPS) is 20.2. The molecule has 1 aliphatic carbocycles. The Kier molecular flexibility index (Phi) is 5.22. The van der Waals surface area contributed by atoms with E-state index >= 15 is 0 Å². The number of halogens is 1. The average molecular weight is 271 g/mol. The van der Waals surface area contributed by atoms with Gasteiger partial charge in [0.2, 0.25) is 5.91 Å². The van der Waals surface area contributed by atoms with Gasteiger partial charge in [-0.2, -0.15) is 0 Å². The minimum Gasteiger partial charge on any atom is -0.353 e. The summed E-state index contributed by atoms with van der Waals surface area (Å²) in [4.78, 5) is 11.4. The van der Waals surface area contributed by atoms with E-state index in [1.54, 1.807) is 0 Å². The summed E-state index contributed by atoms with van der Waals surface area (Å²) < 4.78 is 22.2. The molecule has 5 nitrogen and oxygen atoms in total. The molecule has 1 saturated carbocycles. The molecule has 0 heterocycles. The monoisotopic (exact) mass is 270 g/mol. The fourth-order valence-corrected chi connectivity index (χ4v) is 1.88. The highest BCUT2D eigenvalue weighted by Gasteiger charge is 2.33. The number of hydrogen-bond acceptors (Lipinski definition) is 4. The summed E-state index contributed by atoms with van der Waals surface area (Å²) in [6.45, 7) is 1.75. The van der Waals surface area contributed by atoms with Crippen molar-refractivity contribution in [1.82, 2.24) is 5.32 Å². The number of amides is 1. The van der Waals surface area contributed by atoms with E-state index in [1.807, 2.05) is 0 Å². The third-order valence-electron chi connectivity index (χ3n) is 2.98. The van der Waals surface area contributed by atoms with Gasteiger partial charge in [-0.15, -0.1) is 12.4 Å². The van der Waals surface area contributed by atoms with Gasteiger partial charge in [-0.25, -0.2) is 8.42 Å². The van der Waals surface area contributed by atoms with Gasteiger partial charge in [0.05, 0.1) is 0 Å². The molecule has 0 aromatic heterocycles. The first kappa shape index (κ1) is 15.7. The molecule has 1 amide bonds. The van der Waals surface area contributed by atoms with E-state index in [0.717, 1.165) is 25.5 Å². The fraction of sp³-hybridized carbons (Fsp3) is 0.889. The molecule has 0 saturated heterocycles. The maximum atomic E-state index is 11.4. The molecule has 0 spiro atoms. The van der Waals surface area contributed by atoms with Gasteiger partial charge in [-0.1, -0.05) is 0 Å². The molecule has 7 heteroatoms. The second-order valence-electron chi connectivity index (χ2n) is 4.41. The van der Waals surface area contributed by atoms with Gasteiger partial charge in [-0.05, 0) is 26.2 Å². The third kappa shape index (κ3) is 3.92. The van der Waals surface area contributed by atoms with Gasteiger partial charge in [0, 0.05) is 18.3 Å². The van der Waals surface area contributed by atoms with Crippen molar-refractivity contribution < 1.29 is 13.2 Å². The maximum absolute atomic E-state index is 11.4. The van der Waals surface area contributed by atoms with Crippen molar-refractivity contribution in [3.63, 3.8) is 0 Å². The molecular weight excluding hydrogens is 252 g/mol. The summed E-state index contributed by atoms with van der Waals surface area (Å²) in [5.41, 5.74) is 5.58. The van der Waals surface area contributed by atoms with E-state index in [9.17, 15) is 13.2 Å². The number of sulfone groups is 1. The fourth-order valence-electron chi connectivity index (χ4n) is 1.41. The van der Waals surface area contributed by atoms with E-state index in [0.29, 0.717) is 6.54 Å². The molecule has 1 aliphatic rings. The first-order valence-corrected chi connectivity index (χ1v) is 6.95. The van der Waals surface area contributed by atoms with Crippen molar-refractivity contribution in [1.29, 1.82) is 0 Å². The van der Waals surface area contributed by atoms with Gasteiger partial charge in [0.1, 0.15) is 5.25 Å². The highest BCUT2D eigenvalue weighted by Crippen LogP contribution is 2.28. The lowest BCUT2D eigenvalue weighted by Gasteiger charge is -2.38.